The summed E-state index contributed by atoms with van der Waals surface area (Å²) >= 11 is 0. The maximum Gasteiger partial charge on any atom is 0.236 e. The van der Waals surface area contributed by atoms with E-state index in [2.05, 4.69) is 0 Å². The van der Waals surface area contributed by atoms with Gasteiger partial charge in [-0.05, 0) is 32.1 Å². The van der Waals surface area contributed by atoms with E-state index in [-0.39, 0.29) is 24.4 Å². The molecule has 18 heavy (non-hydrogen) atoms. The Balaban J connectivity index is 1.99. The molecular formula is C13H23N3O2. The van der Waals surface area contributed by atoms with Crippen LogP contribution < -0.4 is 5.73 Å². The lowest BCUT2D eigenvalue weighted by Gasteiger charge is -2.38. The van der Waals surface area contributed by atoms with Gasteiger partial charge in [0.25, 0.3) is 0 Å². The minimum atomic E-state index is 0.0130. The minimum absolute atomic E-state index is 0.0130. The predicted molar refractivity (Wildman–Crippen MR) is 68.8 cm³/mol. The van der Waals surface area contributed by atoms with Crippen molar-refractivity contribution in [3.05, 3.63) is 0 Å². The number of carbonyl (C=O) groups excluding carboxylic acids is 2. The van der Waals surface area contributed by atoms with Gasteiger partial charge < -0.3 is 15.5 Å². The topological polar surface area (TPSA) is 66.6 Å². The molecule has 0 spiro atoms. The summed E-state index contributed by atoms with van der Waals surface area (Å²) in [6, 6.07) is 0.582. The summed E-state index contributed by atoms with van der Waals surface area (Å²) in [4.78, 5) is 27.3. The second kappa shape index (κ2) is 5.69. The predicted octanol–water partition coefficient (Wildman–Crippen LogP) is 0.337. The molecule has 1 aliphatic heterocycles. The Kier molecular flexibility index (Phi) is 4.22. The highest BCUT2D eigenvalue weighted by atomic mass is 16.2. The fourth-order valence-electron chi connectivity index (χ4n) is 2.78. The Labute approximate surface area is 108 Å². The summed E-state index contributed by atoms with van der Waals surface area (Å²) in [5, 5.41) is 0. The molecule has 1 saturated carbocycles. The Morgan fingerprint density at radius 2 is 2.00 bits per heavy atom. The lowest BCUT2D eigenvalue weighted by molar-refractivity contribution is -0.137. The molecule has 1 atom stereocenters. The number of nitrogens with zero attached hydrogens (tertiary/aromatic N) is 2. The van der Waals surface area contributed by atoms with Gasteiger partial charge in [-0.3, -0.25) is 9.59 Å². The normalized spacial score (nSPS) is 23.9. The number of piperidine rings is 1. The van der Waals surface area contributed by atoms with E-state index < -0.39 is 0 Å². The van der Waals surface area contributed by atoms with Gasteiger partial charge in [0.05, 0.1) is 6.54 Å². The van der Waals surface area contributed by atoms with Gasteiger partial charge in [0.15, 0.2) is 0 Å². The van der Waals surface area contributed by atoms with Crippen molar-refractivity contribution in [1.29, 1.82) is 0 Å². The molecule has 2 fully saturated rings. The zero-order chi connectivity index (χ0) is 13.1. The highest BCUT2D eigenvalue weighted by Gasteiger charge is 2.35. The summed E-state index contributed by atoms with van der Waals surface area (Å²) < 4.78 is 0. The van der Waals surface area contributed by atoms with Crippen LogP contribution in [0.5, 0.6) is 0 Å². The molecule has 102 valence electrons. The number of likely N-dealkylation sites (tertiary alicyclic amines) is 1. The first-order valence-corrected chi connectivity index (χ1v) is 6.90. The van der Waals surface area contributed by atoms with Crippen LogP contribution in [-0.4, -0.2) is 53.3 Å². The van der Waals surface area contributed by atoms with Gasteiger partial charge in [0, 0.05) is 32.1 Å². The standard InChI is InChI=1S/C13H23N3O2/c1-10(17)16(11-5-6-11)9-12-4-2-3-7-15(12)13(18)8-14/h11-12H,2-9,14H2,1H3. The van der Waals surface area contributed by atoms with E-state index >= 15 is 0 Å². The number of hydrogen-bond donors (Lipinski definition) is 1. The molecule has 2 amide bonds. The molecule has 0 aromatic heterocycles. The monoisotopic (exact) mass is 253 g/mol. The second-order valence-electron chi connectivity index (χ2n) is 5.34. The van der Waals surface area contributed by atoms with Crippen molar-refractivity contribution in [2.75, 3.05) is 19.6 Å². The van der Waals surface area contributed by atoms with Gasteiger partial charge in [-0.1, -0.05) is 0 Å². The van der Waals surface area contributed by atoms with Gasteiger partial charge in [-0.25, -0.2) is 0 Å². The van der Waals surface area contributed by atoms with Gasteiger partial charge in [-0.2, -0.15) is 0 Å². The van der Waals surface area contributed by atoms with Gasteiger partial charge in [0.1, 0.15) is 0 Å². The van der Waals surface area contributed by atoms with Crippen LogP contribution in [0.3, 0.4) is 0 Å². The van der Waals surface area contributed by atoms with E-state index in [0.717, 1.165) is 38.6 Å². The van der Waals surface area contributed by atoms with E-state index in [1.165, 1.54) is 0 Å². The Bertz CT molecular complexity index is 328. The van der Waals surface area contributed by atoms with Crippen LogP contribution >= 0.6 is 0 Å². The van der Waals surface area contributed by atoms with Crippen molar-refractivity contribution in [2.24, 2.45) is 5.73 Å². The summed E-state index contributed by atoms with van der Waals surface area (Å²) in [5.41, 5.74) is 5.46. The fourth-order valence-corrected chi connectivity index (χ4v) is 2.78. The van der Waals surface area contributed by atoms with Crippen LogP contribution in [-0.2, 0) is 9.59 Å². The summed E-state index contributed by atoms with van der Waals surface area (Å²) in [6.07, 6.45) is 5.39. The maximum atomic E-state index is 11.8. The van der Waals surface area contributed by atoms with E-state index in [1.807, 2.05) is 9.80 Å². The van der Waals surface area contributed by atoms with Crippen LogP contribution in [0.15, 0.2) is 0 Å². The SMILES string of the molecule is CC(=O)N(CC1CCCCN1C(=O)CN)C1CC1. The van der Waals surface area contributed by atoms with Crippen molar-refractivity contribution in [3.8, 4) is 0 Å². The number of nitrogens with two attached hydrogens (primary N) is 1. The van der Waals surface area contributed by atoms with Crippen LogP contribution in [0, 0.1) is 0 Å². The summed E-state index contributed by atoms with van der Waals surface area (Å²) in [7, 11) is 0. The third kappa shape index (κ3) is 3.02. The molecule has 0 bridgehead atoms. The summed E-state index contributed by atoms with van der Waals surface area (Å²) in [5.74, 6) is 0.141. The van der Waals surface area contributed by atoms with Crippen molar-refractivity contribution in [2.45, 2.75) is 51.1 Å². The minimum Gasteiger partial charge on any atom is -0.338 e. The van der Waals surface area contributed by atoms with Gasteiger partial charge >= 0.3 is 0 Å². The maximum absolute atomic E-state index is 11.8. The quantitative estimate of drug-likeness (QED) is 0.785. The van der Waals surface area contributed by atoms with E-state index in [9.17, 15) is 9.59 Å². The molecule has 2 rings (SSSR count). The van der Waals surface area contributed by atoms with Crippen molar-refractivity contribution in [3.63, 3.8) is 0 Å². The molecule has 1 saturated heterocycles. The smallest absolute Gasteiger partial charge is 0.236 e. The Hall–Kier alpha value is -1.10. The lowest BCUT2D eigenvalue weighted by Crippen LogP contribution is -2.52. The zero-order valence-electron chi connectivity index (χ0n) is 11.1. The third-order valence-corrected chi connectivity index (χ3v) is 3.92. The van der Waals surface area contributed by atoms with Crippen molar-refractivity contribution < 1.29 is 9.59 Å². The molecule has 5 heteroatoms. The Morgan fingerprint density at radius 3 is 2.56 bits per heavy atom. The fraction of sp³-hybridized carbons (Fsp3) is 0.846. The van der Waals surface area contributed by atoms with E-state index in [1.54, 1.807) is 6.92 Å². The lowest BCUT2D eigenvalue weighted by atomic mass is 10.0. The van der Waals surface area contributed by atoms with Crippen molar-refractivity contribution in [1.82, 2.24) is 9.80 Å². The van der Waals surface area contributed by atoms with Crippen LogP contribution in [0.2, 0.25) is 0 Å². The second-order valence-corrected chi connectivity index (χ2v) is 5.34. The number of hydrogen-bond acceptors (Lipinski definition) is 3. The molecule has 2 N–H and O–H groups in total. The molecular weight excluding hydrogens is 230 g/mol. The Morgan fingerprint density at radius 1 is 1.28 bits per heavy atom. The highest BCUT2D eigenvalue weighted by molar-refractivity contribution is 5.78. The molecule has 5 nitrogen and oxygen atoms in total. The number of carbonyl (C=O) groups is 2. The van der Waals surface area contributed by atoms with E-state index in [4.69, 9.17) is 5.73 Å². The molecule has 2 aliphatic rings. The van der Waals surface area contributed by atoms with Crippen LogP contribution in [0.4, 0.5) is 0 Å². The third-order valence-electron chi connectivity index (χ3n) is 3.92. The molecule has 1 aliphatic carbocycles. The molecule has 1 unspecified atom stereocenters. The average Bonchev–Trinajstić information content (AvgIpc) is 3.19. The van der Waals surface area contributed by atoms with Crippen LogP contribution in [0.25, 0.3) is 0 Å². The molecule has 0 aromatic rings. The van der Waals surface area contributed by atoms with E-state index in [0.29, 0.717) is 12.6 Å². The number of rotatable bonds is 4. The highest BCUT2D eigenvalue weighted by Crippen LogP contribution is 2.29. The first kappa shape index (κ1) is 13.3. The number of amides is 2. The van der Waals surface area contributed by atoms with Gasteiger partial charge in [0.2, 0.25) is 11.8 Å². The first-order valence-electron chi connectivity index (χ1n) is 6.90. The average molecular weight is 253 g/mol. The first-order chi connectivity index (χ1) is 8.63. The summed E-state index contributed by atoms with van der Waals surface area (Å²) in [6.45, 7) is 3.17. The largest absolute Gasteiger partial charge is 0.338 e. The van der Waals surface area contributed by atoms with Crippen LogP contribution in [0.1, 0.15) is 39.0 Å². The van der Waals surface area contributed by atoms with Crippen molar-refractivity contribution >= 4 is 11.8 Å². The molecule has 0 aromatic carbocycles. The van der Waals surface area contributed by atoms with Gasteiger partial charge in [-0.15, -0.1) is 0 Å². The zero-order valence-corrected chi connectivity index (χ0v) is 11.1. The molecule has 1 heterocycles. The molecule has 0 radical (unpaired) electrons.